The molecule has 2 unspecified atom stereocenters. The molecule has 1 fully saturated rings. The van der Waals surface area contributed by atoms with Crippen molar-refractivity contribution in [2.45, 2.75) is 44.9 Å². The molecule has 17 heavy (non-hydrogen) atoms. The fourth-order valence-electron chi connectivity index (χ4n) is 2.73. The van der Waals surface area contributed by atoms with E-state index in [2.05, 4.69) is 57.0 Å². The molecule has 1 aliphatic rings. The van der Waals surface area contributed by atoms with Crippen LogP contribution in [0.1, 0.15) is 41.1 Å². The third kappa shape index (κ3) is 2.69. The molecule has 1 saturated heterocycles. The van der Waals surface area contributed by atoms with Crippen LogP contribution in [0.5, 0.6) is 0 Å². The minimum atomic E-state index is 0.516. The molecule has 0 amide bonds. The highest BCUT2D eigenvalue weighted by atomic mass is 32.2. The molecule has 2 rings (SSSR count). The van der Waals surface area contributed by atoms with Crippen molar-refractivity contribution in [3.05, 3.63) is 34.4 Å². The van der Waals surface area contributed by atoms with Gasteiger partial charge in [-0.3, -0.25) is 0 Å². The molecule has 0 bridgehead atoms. The molecule has 2 heteroatoms. The van der Waals surface area contributed by atoms with E-state index in [0.717, 1.165) is 5.25 Å². The smallest absolute Gasteiger partial charge is 0.0440 e. The normalized spacial score (nSPS) is 21.8. The maximum absolute atomic E-state index is 3.53. The summed E-state index contributed by atoms with van der Waals surface area (Å²) in [5.41, 5.74) is 5.74. The molecule has 0 aromatic heterocycles. The van der Waals surface area contributed by atoms with Gasteiger partial charge in [-0.15, -0.1) is 0 Å². The van der Waals surface area contributed by atoms with Gasteiger partial charge >= 0.3 is 0 Å². The van der Waals surface area contributed by atoms with Crippen molar-refractivity contribution in [1.82, 2.24) is 5.32 Å². The van der Waals surface area contributed by atoms with E-state index in [-0.39, 0.29) is 0 Å². The van der Waals surface area contributed by atoms with Crippen LogP contribution in [-0.2, 0) is 0 Å². The highest BCUT2D eigenvalue weighted by Crippen LogP contribution is 2.37. The number of rotatable bonds is 3. The minimum Gasteiger partial charge on any atom is -0.312 e. The van der Waals surface area contributed by atoms with Gasteiger partial charge in [-0.2, -0.15) is 11.8 Å². The summed E-state index contributed by atoms with van der Waals surface area (Å²) in [4.78, 5) is 0. The second-order valence-corrected chi connectivity index (χ2v) is 6.46. The molecule has 1 N–H and O–H groups in total. The summed E-state index contributed by atoms with van der Waals surface area (Å²) < 4.78 is 0. The second kappa shape index (κ2) is 5.45. The first-order chi connectivity index (χ1) is 8.13. The van der Waals surface area contributed by atoms with Gasteiger partial charge in [-0.1, -0.05) is 12.1 Å². The summed E-state index contributed by atoms with van der Waals surface area (Å²) >= 11 is 2.13. The van der Waals surface area contributed by atoms with E-state index in [4.69, 9.17) is 0 Å². The van der Waals surface area contributed by atoms with Crippen molar-refractivity contribution in [1.29, 1.82) is 0 Å². The van der Waals surface area contributed by atoms with Gasteiger partial charge in [0.15, 0.2) is 0 Å². The van der Waals surface area contributed by atoms with E-state index in [9.17, 15) is 0 Å². The van der Waals surface area contributed by atoms with E-state index in [1.165, 1.54) is 40.8 Å². The van der Waals surface area contributed by atoms with Gasteiger partial charge in [0.2, 0.25) is 0 Å². The Morgan fingerprint density at radius 2 is 1.88 bits per heavy atom. The number of aryl methyl sites for hydroxylation is 3. The third-order valence-corrected chi connectivity index (χ3v) is 5.33. The average Bonchev–Trinajstić information content (AvgIpc) is 2.80. The molecule has 0 spiro atoms. The second-order valence-electron chi connectivity index (χ2n) is 5.11. The molecule has 94 valence electrons. The van der Waals surface area contributed by atoms with Crippen LogP contribution in [0, 0.1) is 20.8 Å². The van der Waals surface area contributed by atoms with Gasteiger partial charge < -0.3 is 5.32 Å². The lowest BCUT2D eigenvalue weighted by Gasteiger charge is -2.25. The van der Waals surface area contributed by atoms with Crippen LogP contribution in [0.25, 0.3) is 0 Å². The predicted molar refractivity (Wildman–Crippen MR) is 77.9 cm³/mol. The zero-order valence-electron chi connectivity index (χ0n) is 11.3. The fourth-order valence-corrected chi connectivity index (χ4v) is 4.17. The first-order valence-corrected chi connectivity index (χ1v) is 7.55. The van der Waals surface area contributed by atoms with Gasteiger partial charge in [0.25, 0.3) is 0 Å². The molecule has 0 aliphatic carbocycles. The number of hydrogen-bond acceptors (Lipinski definition) is 2. The quantitative estimate of drug-likeness (QED) is 0.875. The first kappa shape index (κ1) is 13.0. The molecular formula is C15H23NS. The highest BCUT2D eigenvalue weighted by molar-refractivity contribution is 8.00. The van der Waals surface area contributed by atoms with Crippen molar-refractivity contribution in [3.8, 4) is 0 Å². The van der Waals surface area contributed by atoms with Crippen LogP contribution >= 0.6 is 11.8 Å². The Morgan fingerprint density at radius 3 is 2.47 bits per heavy atom. The molecule has 2 atom stereocenters. The maximum atomic E-state index is 3.53. The third-order valence-electron chi connectivity index (χ3n) is 3.87. The fraction of sp³-hybridized carbons (Fsp3) is 0.600. The Bertz CT molecular complexity index is 394. The summed E-state index contributed by atoms with van der Waals surface area (Å²) in [6, 6.07) is 5.22. The monoisotopic (exact) mass is 249 g/mol. The Morgan fingerprint density at radius 1 is 1.18 bits per heavy atom. The van der Waals surface area contributed by atoms with Crippen molar-refractivity contribution in [2.75, 3.05) is 12.8 Å². The van der Waals surface area contributed by atoms with E-state index < -0.39 is 0 Å². The number of benzene rings is 1. The Balaban J connectivity index is 2.32. The topological polar surface area (TPSA) is 12.0 Å². The van der Waals surface area contributed by atoms with Crippen molar-refractivity contribution >= 4 is 11.8 Å². The van der Waals surface area contributed by atoms with Crippen LogP contribution < -0.4 is 5.32 Å². The summed E-state index contributed by atoms with van der Waals surface area (Å²) in [5, 5.41) is 4.28. The zero-order chi connectivity index (χ0) is 12.4. The van der Waals surface area contributed by atoms with E-state index in [1.807, 2.05) is 0 Å². The van der Waals surface area contributed by atoms with Crippen molar-refractivity contribution in [3.63, 3.8) is 0 Å². The lowest BCUT2D eigenvalue weighted by molar-refractivity contribution is 0.549. The Hall–Kier alpha value is -0.470. The molecule has 1 aromatic carbocycles. The lowest BCUT2D eigenvalue weighted by atomic mass is 9.93. The summed E-state index contributed by atoms with van der Waals surface area (Å²) in [5.74, 6) is 1.33. The van der Waals surface area contributed by atoms with Crippen LogP contribution in [0.4, 0.5) is 0 Å². The van der Waals surface area contributed by atoms with E-state index in [1.54, 1.807) is 0 Å². The molecule has 0 radical (unpaired) electrons. The van der Waals surface area contributed by atoms with Crippen LogP contribution in [0.15, 0.2) is 12.1 Å². The molecule has 1 nitrogen and oxygen atoms in total. The number of thioether (sulfide) groups is 1. The van der Waals surface area contributed by atoms with Crippen molar-refractivity contribution < 1.29 is 0 Å². The molecule has 1 aliphatic heterocycles. The maximum Gasteiger partial charge on any atom is 0.0440 e. The molecule has 1 aromatic rings. The predicted octanol–water partition coefficient (Wildman–Crippen LogP) is 3.77. The number of hydrogen-bond donors (Lipinski definition) is 1. The standard InChI is InChI=1S/C15H23NS/c1-10-8-12(3)13(9-11(10)2)15(16-4)14-6-5-7-17-14/h8-9,14-16H,5-7H2,1-4H3. The first-order valence-electron chi connectivity index (χ1n) is 6.50. The largest absolute Gasteiger partial charge is 0.312 e. The molecule has 0 saturated carbocycles. The van der Waals surface area contributed by atoms with Gasteiger partial charge in [-0.25, -0.2) is 0 Å². The lowest BCUT2D eigenvalue weighted by Crippen LogP contribution is -2.26. The highest BCUT2D eigenvalue weighted by Gasteiger charge is 2.26. The number of nitrogens with one attached hydrogen (secondary N) is 1. The van der Waals surface area contributed by atoms with Gasteiger partial charge in [-0.05, 0) is 68.7 Å². The SMILES string of the molecule is CNC(c1cc(C)c(C)cc1C)C1CCCS1. The summed E-state index contributed by atoms with van der Waals surface area (Å²) in [7, 11) is 2.10. The molecular weight excluding hydrogens is 226 g/mol. The van der Waals surface area contributed by atoms with Gasteiger partial charge in [0.1, 0.15) is 0 Å². The van der Waals surface area contributed by atoms with Gasteiger partial charge in [0, 0.05) is 11.3 Å². The summed E-state index contributed by atoms with van der Waals surface area (Å²) in [6.07, 6.45) is 2.72. The zero-order valence-corrected chi connectivity index (χ0v) is 12.2. The molecule has 1 heterocycles. The average molecular weight is 249 g/mol. The van der Waals surface area contributed by atoms with Crippen LogP contribution in [0.2, 0.25) is 0 Å². The minimum absolute atomic E-state index is 0.516. The van der Waals surface area contributed by atoms with E-state index in [0.29, 0.717) is 6.04 Å². The Kier molecular flexibility index (Phi) is 4.16. The van der Waals surface area contributed by atoms with Gasteiger partial charge in [0.05, 0.1) is 0 Å². The summed E-state index contributed by atoms with van der Waals surface area (Å²) in [6.45, 7) is 6.66. The van der Waals surface area contributed by atoms with Crippen molar-refractivity contribution in [2.24, 2.45) is 0 Å². The van der Waals surface area contributed by atoms with Crippen LogP contribution in [-0.4, -0.2) is 18.1 Å². The van der Waals surface area contributed by atoms with Crippen LogP contribution in [0.3, 0.4) is 0 Å². The van der Waals surface area contributed by atoms with E-state index >= 15 is 0 Å². The Labute approximate surface area is 109 Å².